The molecule has 0 N–H and O–H groups in total. The largest absolute Gasteiger partial charge is 0.380 e. The van der Waals surface area contributed by atoms with E-state index in [-0.39, 0.29) is 12.2 Å². The van der Waals surface area contributed by atoms with Crippen molar-refractivity contribution in [2.45, 2.75) is 19.2 Å². The fourth-order valence-corrected chi connectivity index (χ4v) is 8.54. The Hall–Kier alpha value is -6.52. The number of para-hydroxylation sites is 1. The molecule has 7 aromatic carbocycles. The average molecular weight is 678 g/mol. The van der Waals surface area contributed by atoms with Crippen LogP contribution in [0, 0.1) is 0 Å². The van der Waals surface area contributed by atoms with E-state index in [9.17, 15) is 0 Å². The third kappa shape index (κ3) is 5.21. The Morgan fingerprint density at radius 1 is 0.415 bits per heavy atom. The van der Waals surface area contributed by atoms with Crippen LogP contribution in [0.25, 0.3) is 67.3 Å². The normalized spacial score (nSPS) is 13.5. The van der Waals surface area contributed by atoms with E-state index in [1.807, 2.05) is 24.3 Å². The van der Waals surface area contributed by atoms with Crippen molar-refractivity contribution in [2.75, 3.05) is 4.81 Å². The molecule has 0 unspecified atom stereocenters. The van der Waals surface area contributed by atoms with Crippen LogP contribution in [-0.4, -0.2) is 16.8 Å². The van der Waals surface area contributed by atoms with Crippen LogP contribution >= 0.6 is 0 Å². The molecule has 0 bridgehead atoms. The van der Waals surface area contributed by atoms with Gasteiger partial charge in [0.05, 0.1) is 11.4 Å². The van der Waals surface area contributed by atoms with Crippen molar-refractivity contribution in [2.24, 2.45) is 0 Å². The molecule has 0 saturated heterocycles. The van der Waals surface area contributed by atoms with Gasteiger partial charge in [0.2, 0.25) is 0 Å². The van der Waals surface area contributed by atoms with Gasteiger partial charge in [-0.05, 0) is 80.6 Å². The highest BCUT2D eigenvalue weighted by Crippen LogP contribution is 2.52. The van der Waals surface area contributed by atoms with E-state index >= 15 is 0 Å². The van der Waals surface area contributed by atoms with Gasteiger partial charge in [-0.15, -0.1) is 0 Å². The van der Waals surface area contributed by atoms with E-state index in [2.05, 4.69) is 176 Å². The highest BCUT2D eigenvalue weighted by Gasteiger charge is 2.52. The smallest absolute Gasteiger partial charge is 0.304 e. The Morgan fingerprint density at radius 3 is 1.66 bits per heavy atom. The van der Waals surface area contributed by atoms with Crippen molar-refractivity contribution in [1.29, 1.82) is 0 Å². The third-order valence-corrected chi connectivity index (χ3v) is 11.1. The summed E-state index contributed by atoms with van der Waals surface area (Å²) in [6, 6.07) is 65.2. The first-order chi connectivity index (χ1) is 26.0. The van der Waals surface area contributed by atoms with Gasteiger partial charge >= 0.3 is 6.85 Å². The van der Waals surface area contributed by atoms with Gasteiger partial charge in [-0.1, -0.05) is 159 Å². The van der Waals surface area contributed by atoms with Crippen LogP contribution in [0.15, 0.2) is 182 Å². The van der Waals surface area contributed by atoms with Crippen LogP contribution in [0.1, 0.15) is 19.4 Å². The maximum Gasteiger partial charge on any atom is 0.304 e. The van der Waals surface area contributed by atoms with Crippen LogP contribution in [0.5, 0.6) is 0 Å². The molecule has 2 aliphatic heterocycles. The molecule has 8 aromatic rings. The summed E-state index contributed by atoms with van der Waals surface area (Å²) in [5.41, 5.74) is 17.7. The standard InChI is InChI=1S/C49H36BN3/c1-49(2)42-31-38(27-28-47(42)53-46-26-12-10-24-41(46)40-23-9-11-25-43(40)50(49)53)36-20-13-19-35(29-36)37-21-14-22-39(30-37)45-32-44(33-15-5-3-6-16-33)51-48(52-45)34-17-7-4-8-18-34/h3-32H,1-2H3. The van der Waals surface area contributed by atoms with Crippen LogP contribution < -0.4 is 10.3 Å². The lowest BCUT2D eigenvalue weighted by Crippen LogP contribution is -2.55. The zero-order valence-electron chi connectivity index (χ0n) is 29.7. The lowest BCUT2D eigenvalue weighted by atomic mass is 9.37. The third-order valence-electron chi connectivity index (χ3n) is 11.1. The van der Waals surface area contributed by atoms with Gasteiger partial charge in [-0.2, -0.15) is 0 Å². The molecule has 0 radical (unpaired) electrons. The van der Waals surface area contributed by atoms with Gasteiger partial charge in [0.25, 0.3) is 0 Å². The molecule has 4 heteroatoms. The molecule has 53 heavy (non-hydrogen) atoms. The highest BCUT2D eigenvalue weighted by molar-refractivity contribution is 6.84. The first-order valence-corrected chi connectivity index (χ1v) is 18.4. The molecule has 10 rings (SSSR count). The zero-order valence-corrected chi connectivity index (χ0v) is 29.7. The van der Waals surface area contributed by atoms with Crippen molar-refractivity contribution in [3.05, 3.63) is 188 Å². The molecule has 3 heterocycles. The number of nitrogens with zero attached hydrogens (tertiary/aromatic N) is 3. The second-order valence-corrected chi connectivity index (χ2v) is 14.7. The number of fused-ring (bicyclic) bond motifs is 8. The molecule has 0 atom stereocenters. The minimum Gasteiger partial charge on any atom is -0.380 e. The summed E-state index contributed by atoms with van der Waals surface area (Å²) in [5, 5.41) is -0.102. The summed E-state index contributed by atoms with van der Waals surface area (Å²) in [7, 11) is 0. The quantitative estimate of drug-likeness (QED) is 0.170. The Labute approximate surface area is 311 Å². The second kappa shape index (κ2) is 12.3. The van der Waals surface area contributed by atoms with E-state index in [0.29, 0.717) is 0 Å². The van der Waals surface area contributed by atoms with Crippen molar-refractivity contribution in [3.8, 4) is 67.3 Å². The second-order valence-electron chi connectivity index (χ2n) is 14.7. The minimum atomic E-state index is -0.102. The number of hydrogen-bond acceptors (Lipinski definition) is 3. The van der Waals surface area contributed by atoms with Gasteiger partial charge in [0, 0.05) is 33.6 Å². The molecular weight excluding hydrogens is 641 g/mol. The van der Waals surface area contributed by atoms with Crippen molar-refractivity contribution in [3.63, 3.8) is 0 Å². The van der Waals surface area contributed by atoms with Crippen molar-refractivity contribution >= 4 is 23.7 Å². The Morgan fingerprint density at radius 2 is 0.943 bits per heavy atom. The topological polar surface area (TPSA) is 29.0 Å². The molecule has 0 aliphatic carbocycles. The average Bonchev–Trinajstić information content (AvgIpc) is 3.47. The Bertz CT molecular complexity index is 2610. The maximum absolute atomic E-state index is 5.09. The fraction of sp³-hybridized carbons (Fsp3) is 0.0612. The predicted octanol–water partition coefficient (Wildman–Crippen LogP) is 11.7. The summed E-state index contributed by atoms with van der Waals surface area (Å²) < 4.78 is 0. The monoisotopic (exact) mass is 677 g/mol. The van der Waals surface area contributed by atoms with Crippen LogP contribution in [0.4, 0.5) is 11.4 Å². The number of rotatable bonds is 5. The van der Waals surface area contributed by atoms with Crippen molar-refractivity contribution < 1.29 is 0 Å². The lowest BCUT2D eigenvalue weighted by Gasteiger charge is -2.38. The number of benzene rings is 7. The first kappa shape index (κ1) is 31.2. The molecule has 2 aliphatic rings. The molecule has 1 aromatic heterocycles. The van der Waals surface area contributed by atoms with E-state index < -0.39 is 0 Å². The number of aromatic nitrogens is 2. The van der Waals surface area contributed by atoms with E-state index in [0.717, 1.165) is 39.5 Å². The van der Waals surface area contributed by atoms with Gasteiger partial charge in [0.15, 0.2) is 5.82 Å². The van der Waals surface area contributed by atoms with Crippen LogP contribution in [-0.2, 0) is 5.31 Å². The molecule has 0 amide bonds. The summed E-state index contributed by atoms with van der Waals surface area (Å²) in [5.74, 6) is 0.719. The Kier molecular flexibility index (Phi) is 7.26. The molecule has 0 spiro atoms. The summed E-state index contributed by atoms with van der Waals surface area (Å²) in [4.78, 5) is 12.7. The van der Waals surface area contributed by atoms with Gasteiger partial charge in [-0.3, -0.25) is 0 Å². The first-order valence-electron chi connectivity index (χ1n) is 18.4. The van der Waals surface area contributed by atoms with E-state index in [4.69, 9.17) is 9.97 Å². The minimum absolute atomic E-state index is 0.102. The maximum atomic E-state index is 5.09. The Balaban J connectivity index is 1.03. The van der Waals surface area contributed by atoms with E-state index in [1.165, 1.54) is 50.2 Å². The summed E-state index contributed by atoms with van der Waals surface area (Å²) in [6.45, 7) is 5.04. The fourth-order valence-electron chi connectivity index (χ4n) is 8.54. The van der Waals surface area contributed by atoms with Gasteiger partial charge in [-0.25, -0.2) is 9.97 Å². The van der Waals surface area contributed by atoms with Gasteiger partial charge in [0.1, 0.15) is 0 Å². The molecule has 0 fully saturated rings. The van der Waals surface area contributed by atoms with Gasteiger partial charge < -0.3 is 4.81 Å². The van der Waals surface area contributed by atoms with Crippen LogP contribution in [0.2, 0.25) is 0 Å². The number of hydrogen-bond donors (Lipinski definition) is 0. The molecule has 0 saturated carbocycles. The SMILES string of the molecule is CC1(C)B2c3ccccc3-c3ccccc3N2c2ccc(-c3cccc(-c4cccc(-c5cc(-c6ccccc6)nc(-c6ccccc6)n5)c4)c3)cc21. The predicted molar refractivity (Wildman–Crippen MR) is 222 cm³/mol. The molecule has 250 valence electrons. The summed E-state index contributed by atoms with van der Waals surface area (Å²) >= 11 is 0. The summed E-state index contributed by atoms with van der Waals surface area (Å²) in [6.07, 6.45) is 0. The molecule has 3 nitrogen and oxygen atoms in total. The van der Waals surface area contributed by atoms with E-state index in [1.54, 1.807) is 0 Å². The highest BCUT2D eigenvalue weighted by atomic mass is 15.1. The zero-order chi connectivity index (χ0) is 35.5. The number of anilines is 2. The molecular formula is C49H36BN3. The lowest BCUT2D eigenvalue weighted by molar-refractivity contribution is 0.759. The van der Waals surface area contributed by atoms with Crippen molar-refractivity contribution in [1.82, 2.24) is 9.97 Å². The van der Waals surface area contributed by atoms with Crippen LogP contribution in [0.3, 0.4) is 0 Å².